The van der Waals surface area contributed by atoms with Gasteiger partial charge in [0.25, 0.3) is 0 Å². The number of rotatable bonds is 5. The van der Waals surface area contributed by atoms with E-state index in [1.807, 2.05) is 24.3 Å². The monoisotopic (exact) mass is 556 g/mol. The van der Waals surface area contributed by atoms with Gasteiger partial charge < -0.3 is 19.4 Å². The first kappa shape index (κ1) is 26.1. The minimum Gasteiger partial charge on any atom is -0.462 e. The van der Waals surface area contributed by atoms with E-state index >= 15 is 4.39 Å². The van der Waals surface area contributed by atoms with E-state index in [-0.39, 0.29) is 17.7 Å². The van der Waals surface area contributed by atoms with Crippen molar-refractivity contribution >= 4 is 22.3 Å². The molecule has 2 atom stereocenters. The van der Waals surface area contributed by atoms with Gasteiger partial charge in [0.15, 0.2) is 0 Å². The van der Waals surface area contributed by atoms with Crippen LogP contribution in [0.3, 0.4) is 0 Å². The van der Waals surface area contributed by atoms with Crippen LogP contribution in [0.15, 0.2) is 48.8 Å². The number of nitrogens with zero attached hydrogens (tertiary/aromatic N) is 6. The van der Waals surface area contributed by atoms with Crippen LogP contribution in [0.5, 0.6) is 6.01 Å². The summed E-state index contributed by atoms with van der Waals surface area (Å²) in [6, 6.07) is 11.9. The van der Waals surface area contributed by atoms with E-state index in [9.17, 15) is 4.39 Å². The Bertz CT molecular complexity index is 1610. The molecule has 4 aromatic rings. The average Bonchev–Trinajstić information content (AvgIpc) is 3.39. The Kier molecular flexibility index (Phi) is 6.69. The molecule has 0 spiro atoms. The van der Waals surface area contributed by atoms with Crippen molar-refractivity contribution in [2.24, 2.45) is 0 Å². The largest absolute Gasteiger partial charge is 0.462 e. The maximum Gasteiger partial charge on any atom is 0.318 e. The maximum atomic E-state index is 15.0. The smallest absolute Gasteiger partial charge is 0.318 e. The fourth-order valence-electron chi connectivity index (χ4n) is 6.69. The number of aromatic nitrogens is 3. The van der Waals surface area contributed by atoms with Crippen LogP contribution in [0.25, 0.3) is 10.8 Å². The third kappa shape index (κ3) is 4.76. The van der Waals surface area contributed by atoms with E-state index in [2.05, 4.69) is 33.7 Å². The third-order valence-corrected chi connectivity index (χ3v) is 9.01. The van der Waals surface area contributed by atoms with Gasteiger partial charge in [-0.2, -0.15) is 9.97 Å². The summed E-state index contributed by atoms with van der Waals surface area (Å²) in [4.78, 5) is 20.7. The number of halogens is 2. The first-order valence-corrected chi connectivity index (χ1v) is 14.5. The molecule has 0 unspecified atom stereocenters. The van der Waals surface area contributed by atoms with Crippen LogP contribution in [0.2, 0.25) is 0 Å². The molecule has 2 aromatic heterocycles. The number of fused-ring (bicyclic) bond motifs is 3. The molecule has 3 aliphatic rings. The second kappa shape index (κ2) is 10.5. The molecular weight excluding hydrogens is 522 g/mol. The summed E-state index contributed by atoms with van der Waals surface area (Å²) < 4.78 is 36.1. The number of likely N-dealkylation sites (N-methyl/N-ethyl adjacent to an activating group) is 1. The fourth-order valence-corrected chi connectivity index (χ4v) is 6.69. The van der Waals surface area contributed by atoms with Gasteiger partial charge in [0.05, 0.1) is 18.4 Å². The third-order valence-electron chi connectivity index (χ3n) is 9.01. The average molecular weight is 557 g/mol. The predicted molar refractivity (Wildman–Crippen MR) is 155 cm³/mol. The number of benzene rings is 2. The van der Waals surface area contributed by atoms with Crippen molar-refractivity contribution in [3.63, 3.8) is 0 Å². The lowest BCUT2D eigenvalue weighted by Gasteiger charge is -2.39. The summed E-state index contributed by atoms with van der Waals surface area (Å²) in [6.07, 6.45) is 6.68. The van der Waals surface area contributed by atoms with Crippen LogP contribution in [0, 0.1) is 11.6 Å². The molecule has 0 radical (unpaired) electrons. The minimum absolute atomic E-state index is 0.101. The number of likely N-dealkylation sites (tertiary alicyclic amines) is 1. The number of anilines is 2. The highest BCUT2D eigenvalue weighted by molar-refractivity contribution is 5.95. The molecule has 2 aromatic carbocycles. The molecule has 1 saturated heterocycles. The Morgan fingerprint density at radius 3 is 2.66 bits per heavy atom. The highest BCUT2D eigenvalue weighted by atomic mass is 19.1. The van der Waals surface area contributed by atoms with Gasteiger partial charge >= 0.3 is 6.01 Å². The second-order valence-electron chi connectivity index (χ2n) is 11.6. The molecule has 0 bridgehead atoms. The van der Waals surface area contributed by atoms with E-state index in [4.69, 9.17) is 14.7 Å². The van der Waals surface area contributed by atoms with Crippen LogP contribution < -0.4 is 14.5 Å². The first-order valence-electron chi connectivity index (χ1n) is 14.5. The van der Waals surface area contributed by atoms with Gasteiger partial charge in [-0.25, -0.2) is 8.78 Å². The molecule has 1 fully saturated rings. The van der Waals surface area contributed by atoms with Crippen molar-refractivity contribution in [3.05, 3.63) is 82.8 Å². The molecule has 212 valence electrons. The lowest BCUT2D eigenvalue weighted by molar-refractivity contribution is 0.187. The van der Waals surface area contributed by atoms with E-state index in [0.29, 0.717) is 62.1 Å². The summed E-state index contributed by atoms with van der Waals surface area (Å²) in [5.41, 5.74) is 4.40. The van der Waals surface area contributed by atoms with Crippen molar-refractivity contribution in [1.82, 2.24) is 19.9 Å². The lowest BCUT2D eigenvalue weighted by Crippen LogP contribution is -2.41. The molecule has 3 aliphatic heterocycles. The second-order valence-corrected chi connectivity index (χ2v) is 11.6. The van der Waals surface area contributed by atoms with E-state index in [0.717, 1.165) is 53.1 Å². The number of ether oxygens (including phenoxy) is 1. The Morgan fingerprint density at radius 1 is 0.976 bits per heavy atom. The van der Waals surface area contributed by atoms with Gasteiger partial charge in [-0.3, -0.25) is 4.98 Å². The van der Waals surface area contributed by atoms with Gasteiger partial charge in [0, 0.05) is 53.6 Å². The normalized spacial score (nSPS) is 20.8. The molecule has 0 N–H and O–H groups in total. The Balaban J connectivity index is 1.27. The van der Waals surface area contributed by atoms with Gasteiger partial charge in [-0.15, -0.1) is 0 Å². The molecule has 5 heterocycles. The van der Waals surface area contributed by atoms with Crippen molar-refractivity contribution < 1.29 is 13.5 Å². The molecule has 0 saturated carbocycles. The standard InChI is InChI=1S/C32H34F2N6O/c1-20-14-22-15-35-16-27(34)25(22)17-40(20)31-24-11-13-39(29-10-4-7-21-6-3-9-26(33)30(21)29)18-28(24)36-32(37-31)41-19-23-8-5-12-38(23)2/h3-4,6-7,9-10,15-16,20,23H,5,8,11-14,17-19H2,1-2H3/t20-,23+/m0/s1. The molecule has 0 aliphatic carbocycles. The van der Waals surface area contributed by atoms with Crippen molar-refractivity contribution in [2.75, 3.05) is 36.5 Å². The maximum absolute atomic E-state index is 15.0. The quantitative estimate of drug-likeness (QED) is 0.331. The van der Waals surface area contributed by atoms with Gasteiger partial charge in [0.1, 0.15) is 24.1 Å². The van der Waals surface area contributed by atoms with Crippen LogP contribution in [0.1, 0.15) is 42.1 Å². The molecule has 41 heavy (non-hydrogen) atoms. The fraction of sp³-hybridized carbons (Fsp3) is 0.406. The predicted octanol–water partition coefficient (Wildman–Crippen LogP) is 5.29. The zero-order chi connectivity index (χ0) is 28.1. The van der Waals surface area contributed by atoms with Gasteiger partial charge in [-0.05, 0) is 69.3 Å². The molecule has 7 nitrogen and oxygen atoms in total. The highest BCUT2D eigenvalue weighted by Crippen LogP contribution is 2.37. The first-order chi connectivity index (χ1) is 20.0. The summed E-state index contributed by atoms with van der Waals surface area (Å²) in [7, 11) is 2.12. The molecule has 0 amide bonds. The summed E-state index contributed by atoms with van der Waals surface area (Å²) in [6.45, 7) is 5.34. The van der Waals surface area contributed by atoms with Gasteiger partial charge in [0.2, 0.25) is 0 Å². The van der Waals surface area contributed by atoms with Crippen molar-refractivity contribution in [3.8, 4) is 6.01 Å². The zero-order valence-electron chi connectivity index (χ0n) is 23.5. The van der Waals surface area contributed by atoms with E-state index in [1.54, 1.807) is 12.3 Å². The molecule has 7 rings (SSSR count). The number of pyridine rings is 1. The molecule has 9 heteroatoms. The Labute approximate surface area is 238 Å². The highest BCUT2D eigenvalue weighted by Gasteiger charge is 2.32. The van der Waals surface area contributed by atoms with Crippen molar-refractivity contribution in [1.29, 1.82) is 0 Å². The van der Waals surface area contributed by atoms with Crippen LogP contribution in [-0.4, -0.2) is 58.7 Å². The lowest BCUT2D eigenvalue weighted by atomic mass is 9.95. The Hall–Kier alpha value is -3.85. The van der Waals surface area contributed by atoms with Crippen molar-refractivity contribution in [2.45, 2.75) is 57.8 Å². The summed E-state index contributed by atoms with van der Waals surface area (Å²) >= 11 is 0. The zero-order valence-corrected chi connectivity index (χ0v) is 23.5. The SMILES string of the molecule is C[C@H]1Cc2cncc(F)c2CN1c1nc(OC[C@H]2CCCN2C)nc2c1CCN(c1cccc3cccc(F)c13)C2. The van der Waals surface area contributed by atoms with E-state index in [1.165, 1.54) is 12.3 Å². The summed E-state index contributed by atoms with van der Waals surface area (Å²) in [5, 5.41) is 1.50. The van der Waals surface area contributed by atoms with Gasteiger partial charge in [-0.1, -0.05) is 24.3 Å². The van der Waals surface area contributed by atoms with Crippen LogP contribution >= 0.6 is 0 Å². The Morgan fingerprint density at radius 2 is 1.83 bits per heavy atom. The number of hydrogen-bond donors (Lipinski definition) is 0. The van der Waals surface area contributed by atoms with Crippen LogP contribution in [-0.2, 0) is 25.9 Å². The molecular formula is C32H34F2N6O. The van der Waals surface area contributed by atoms with Crippen LogP contribution in [0.4, 0.5) is 20.3 Å². The number of hydrogen-bond acceptors (Lipinski definition) is 7. The topological polar surface area (TPSA) is 57.6 Å². The minimum atomic E-state index is -0.285. The van der Waals surface area contributed by atoms with E-state index < -0.39 is 0 Å². The summed E-state index contributed by atoms with van der Waals surface area (Å²) in [5.74, 6) is 0.296.